The highest BCUT2D eigenvalue weighted by Crippen LogP contribution is 2.34. The van der Waals surface area contributed by atoms with Crippen LogP contribution in [0.5, 0.6) is 0 Å². The molecule has 0 spiro atoms. The van der Waals surface area contributed by atoms with E-state index < -0.39 is 5.82 Å². The van der Waals surface area contributed by atoms with Gasteiger partial charge in [-0.1, -0.05) is 42.5 Å². The van der Waals surface area contributed by atoms with E-state index in [0.717, 1.165) is 44.1 Å². The number of amides is 1. The van der Waals surface area contributed by atoms with Gasteiger partial charge in [-0.25, -0.2) is 14.4 Å². The van der Waals surface area contributed by atoms with Gasteiger partial charge in [-0.05, 0) is 36.6 Å². The van der Waals surface area contributed by atoms with Gasteiger partial charge >= 0.3 is 0 Å². The molecule has 3 aromatic rings. The van der Waals surface area contributed by atoms with Gasteiger partial charge in [-0.15, -0.1) is 0 Å². The molecule has 0 unspecified atom stereocenters. The molecule has 3 heterocycles. The Morgan fingerprint density at radius 1 is 1.00 bits per heavy atom. The average Bonchev–Trinajstić information content (AvgIpc) is 3.52. The number of anilines is 2. The Bertz CT molecular complexity index is 1100. The topological polar surface area (TPSA) is 61.4 Å². The lowest BCUT2D eigenvalue weighted by Crippen LogP contribution is -2.29. The number of hydrogen-bond acceptors (Lipinski definition) is 5. The van der Waals surface area contributed by atoms with Crippen molar-refractivity contribution < 1.29 is 9.18 Å². The van der Waals surface area contributed by atoms with Gasteiger partial charge in [0.25, 0.3) is 0 Å². The summed E-state index contributed by atoms with van der Waals surface area (Å²) in [4.78, 5) is 27.2. The number of nitrogens with zero attached hydrogens (tertiary/aromatic N) is 4. The molecular weight excluding hydrogens is 417 g/mol. The van der Waals surface area contributed by atoms with Crippen LogP contribution in [0.15, 0.2) is 66.9 Å². The quantitative estimate of drug-likeness (QED) is 0.620. The van der Waals surface area contributed by atoms with E-state index >= 15 is 0 Å². The largest absolute Gasteiger partial charge is 0.341 e. The molecule has 2 aliphatic rings. The number of likely N-dealkylation sites (tertiary alicyclic amines) is 1. The molecule has 5 rings (SSSR count). The second-order valence-electron chi connectivity index (χ2n) is 8.84. The Labute approximate surface area is 193 Å². The van der Waals surface area contributed by atoms with Gasteiger partial charge < -0.3 is 10.2 Å². The highest BCUT2D eigenvalue weighted by Gasteiger charge is 2.39. The van der Waals surface area contributed by atoms with Gasteiger partial charge in [0.1, 0.15) is 5.82 Å². The second kappa shape index (κ2) is 9.67. The van der Waals surface area contributed by atoms with Crippen LogP contribution in [-0.4, -0.2) is 47.0 Å². The fourth-order valence-corrected chi connectivity index (χ4v) is 4.85. The molecule has 2 saturated heterocycles. The van der Waals surface area contributed by atoms with Crippen molar-refractivity contribution in [3.63, 3.8) is 0 Å². The van der Waals surface area contributed by atoms with E-state index in [4.69, 9.17) is 4.98 Å². The molecule has 2 fully saturated rings. The van der Waals surface area contributed by atoms with E-state index in [1.54, 1.807) is 24.4 Å². The number of hydrogen-bond donors (Lipinski definition) is 1. The van der Waals surface area contributed by atoms with Crippen LogP contribution in [0.2, 0.25) is 0 Å². The van der Waals surface area contributed by atoms with Crippen molar-refractivity contribution in [2.75, 3.05) is 36.4 Å². The third-order valence-corrected chi connectivity index (χ3v) is 6.55. The highest BCUT2D eigenvalue weighted by molar-refractivity contribution is 5.93. The van der Waals surface area contributed by atoms with Crippen molar-refractivity contribution in [2.45, 2.75) is 25.3 Å². The van der Waals surface area contributed by atoms with Crippen molar-refractivity contribution in [2.24, 2.45) is 5.92 Å². The molecule has 7 heteroatoms. The van der Waals surface area contributed by atoms with Crippen LogP contribution in [-0.2, 0) is 11.3 Å². The van der Waals surface area contributed by atoms with Crippen LogP contribution in [0.4, 0.5) is 16.0 Å². The molecule has 0 saturated carbocycles. The molecule has 1 amide bonds. The van der Waals surface area contributed by atoms with E-state index in [-0.39, 0.29) is 23.4 Å². The number of benzene rings is 2. The summed E-state index contributed by atoms with van der Waals surface area (Å²) in [6.45, 7) is 3.98. The Morgan fingerprint density at radius 2 is 1.76 bits per heavy atom. The van der Waals surface area contributed by atoms with Crippen LogP contribution >= 0.6 is 0 Å². The fraction of sp³-hybridized carbons (Fsp3) is 0.346. The lowest BCUT2D eigenvalue weighted by Gasteiger charge is -2.20. The average molecular weight is 446 g/mol. The lowest BCUT2D eigenvalue weighted by molar-refractivity contribution is -0.119. The Morgan fingerprint density at radius 3 is 2.55 bits per heavy atom. The third kappa shape index (κ3) is 4.88. The molecule has 1 N–H and O–H groups in total. The summed E-state index contributed by atoms with van der Waals surface area (Å²) in [5.41, 5.74) is 2.28. The first kappa shape index (κ1) is 21.5. The van der Waals surface area contributed by atoms with Crippen molar-refractivity contribution >= 4 is 17.5 Å². The van der Waals surface area contributed by atoms with Crippen LogP contribution in [0.25, 0.3) is 0 Å². The number of halogens is 1. The first-order chi connectivity index (χ1) is 16.2. The first-order valence-corrected chi connectivity index (χ1v) is 11.6. The van der Waals surface area contributed by atoms with Gasteiger partial charge in [0, 0.05) is 44.8 Å². The Kier molecular flexibility index (Phi) is 6.30. The number of carbonyl (C=O) groups excluding carboxylic acids is 1. The molecule has 2 atom stereocenters. The first-order valence-electron chi connectivity index (χ1n) is 11.6. The van der Waals surface area contributed by atoms with Crippen LogP contribution < -0.4 is 10.2 Å². The van der Waals surface area contributed by atoms with Gasteiger partial charge in [0.15, 0.2) is 0 Å². The van der Waals surface area contributed by atoms with Crippen molar-refractivity contribution in [3.8, 4) is 0 Å². The summed E-state index contributed by atoms with van der Waals surface area (Å²) < 4.78 is 14.2. The maximum atomic E-state index is 14.2. The zero-order valence-corrected chi connectivity index (χ0v) is 18.5. The van der Waals surface area contributed by atoms with Gasteiger partial charge in [0.2, 0.25) is 11.9 Å². The minimum absolute atomic E-state index is 0.0927. The zero-order chi connectivity index (χ0) is 22.6. The standard InChI is InChI=1S/C26H28FN5O/c27-22-10-4-5-11-24(22)29-25(33)21-18-31(16-19-8-2-1-3-9-19)17-20(21)23-12-13-28-26(30-23)32-14-6-7-15-32/h1-5,8-13,20-21H,6-7,14-18H2,(H,29,33)/t20-,21-/m0/s1. The van der Waals surface area contributed by atoms with E-state index in [1.807, 2.05) is 24.3 Å². The lowest BCUT2D eigenvalue weighted by atomic mass is 9.92. The maximum Gasteiger partial charge on any atom is 0.229 e. The normalized spacial score (nSPS) is 20.8. The predicted octanol–water partition coefficient (Wildman–Crippen LogP) is 4.07. The van der Waals surface area contributed by atoms with E-state index in [0.29, 0.717) is 13.1 Å². The van der Waals surface area contributed by atoms with Crippen LogP contribution in [0, 0.1) is 11.7 Å². The smallest absolute Gasteiger partial charge is 0.229 e. The SMILES string of the molecule is O=C(Nc1ccccc1F)[C@H]1CN(Cc2ccccc2)C[C@@H]1c1ccnc(N2CCCC2)n1. The molecule has 33 heavy (non-hydrogen) atoms. The minimum Gasteiger partial charge on any atom is -0.341 e. The monoisotopic (exact) mass is 445 g/mol. The molecule has 0 aliphatic carbocycles. The summed E-state index contributed by atoms with van der Waals surface area (Å²) in [6.07, 6.45) is 4.09. The van der Waals surface area contributed by atoms with Gasteiger partial charge in [0.05, 0.1) is 17.3 Å². The summed E-state index contributed by atoms with van der Waals surface area (Å²) in [7, 11) is 0. The van der Waals surface area contributed by atoms with E-state index in [9.17, 15) is 9.18 Å². The summed E-state index contributed by atoms with van der Waals surface area (Å²) in [5.74, 6) is -0.304. The molecule has 170 valence electrons. The maximum absolute atomic E-state index is 14.2. The number of aromatic nitrogens is 2. The molecular formula is C26H28FN5O. The van der Waals surface area contributed by atoms with E-state index in [2.05, 4.69) is 32.2 Å². The number of carbonyl (C=O) groups is 1. The molecule has 1 aromatic heterocycles. The van der Waals surface area contributed by atoms with Crippen molar-refractivity contribution in [1.82, 2.24) is 14.9 Å². The van der Waals surface area contributed by atoms with Gasteiger partial charge in [-0.3, -0.25) is 9.69 Å². The van der Waals surface area contributed by atoms with Crippen LogP contribution in [0.1, 0.15) is 30.0 Å². The molecule has 2 aromatic carbocycles. The Balaban J connectivity index is 1.40. The van der Waals surface area contributed by atoms with Crippen molar-refractivity contribution in [3.05, 3.63) is 83.9 Å². The fourth-order valence-electron chi connectivity index (χ4n) is 4.85. The molecule has 2 aliphatic heterocycles. The molecule has 6 nitrogen and oxygen atoms in total. The highest BCUT2D eigenvalue weighted by atomic mass is 19.1. The molecule has 0 bridgehead atoms. The van der Waals surface area contributed by atoms with E-state index in [1.165, 1.54) is 11.6 Å². The summed E-state index contributed by atoms with van der Waals surface area (Å²) >= 11 is 0. The molecule has 0 radical (unpaired) electrons. The number of nitrogens with one attached hydrogen (secondary N) is 1. The predicted molar refractivity (Wildman–Crippen MR) is 126 cm³/mol. The van der Waals surface area contributed by atoms with Crippen LogP contribution in [0.3, 0.4) is 0 Å². The summed E-state index contributed by atoms with van der Waals surface area (Å²) in [6, 6.07) is 18.4. The zero-order valence-electron chi connectivity index (χ0n) is 18.5. The summed E-state index contributed by atoms with van der Waals surface area (Å²) in [5, 5.41) is 2.81. The minimum atomic E-state index is -0.431. The number of rotatable bonds is 6. The second-order valence-corrected chi connectivity index (χ2v) is 8.84. The third-order valence-electron chi connectivity index (χ3n) is 6.55. The number of para-hydroxylation sites is 1. The van der Waals surface area contributed by atoms with Gasteiger partial charge in [-0.2, -0.15) is 0 Å². The Hall–Kier alpha value is -3.32. The van der Waals surface area contributed by atoms with Crippen molar-refractivity contribution in [1.29, 1.82) is 0 Å².